The van der Waals surface area contributed by atoms with Crippen molar-refractivity contribution in [2.45, 2.75) is 31.9 Å². The highest BCUT2D eigenvalue weighted by atomic mass is 32.1. The smallest absolute Gasteiger partial charge is 0.254 e. The summed E-state index contributed by atoms with van der Waals surface area (Å²) in [5, 5.41) is 7.18. The summed E-state index contributed by atoms with van der Waals surface area (Å²) in [6.45, 7) is 4.83. The first-order chi connectivity index (χ1) is 15.5. The molecule has 32 heavy (non-hydrogen) atoms. The second-order valence-electron chi connectivity index (χ2n) is 8.41. The Morgan fingerprint density at radius 2 is 1.84 bits per heavy atom. The molecule has 1 aliphatic rings. The van der Waals surface area contributed by atoms with Gasteiger partial charge in [-0.05, 0) is 59.5 Å². The van der Waals surface area contributed by atoms with Crippen LogP contribution in [0.15, 0.2) is 71.4 Å². The van der Waals surface area contributed by atoms with Gasteiger partial charge >= 0.3 is 0 Å². The Bertz CT molecular complexity index is 1070. The molecule has 3 aromatic rings. The summed E-state index contributed by atoms with van der Waals surface area (Å²) in [5.74, 6) is -0.264. The highest BCUT2D eigenvalue weighted by molar-refractivity contribution is 7.08. The van der Waals surface area contributed by atoms with Crippen LogP contribution in [-0.4, -0.2) is 48.1 Å². The second kappa shape index (κ2) is 9.67. The van der Waals surface area contributed by atoms with E-state index in [2.05, 4.69) is 22.8 Å². The molecule has 0 spiro atoms. The Kier molecular flexibility index (Phi) is 6.72. The number of amides is 2. The fourth-order valence-corrected chi connectivity index (χ4v) is 4.78. The fourth-order valence-electron chi connectivity index (χ4n) is 4.12. The Morgan fingerprint density at radius 3 is 2.56 bits per heavy atom. The fraction of sp³-hybridized carbons (Fsp3) is 0.308. The van der Waals surface area contributed by atoms with E-state index in [1.165, 1.54) is 0 Å². The van der Waals surface area contributed by atoms with Crippen LogP contribution in [0.25, 0.3) is 11.1 Å². The molecule has 0 bridgehead atoms. The zero-order valence-corrected chi connectivity index (χ0v) is 19.2. The second-order valence-corrected chi connectivity index (χ2v) is 9.19. The molecule has 1 saturated heterocycles. The molecule has 166 valence electrons. The number of carbonyl (C=O) groups excluding carboxylic acids is 2. The summed E-state index contributed by atoms with van der Waals surface area (Å²) < 4.78 is 6.22. The van der Waals surface area contributed by atoms with Gasteiger partial charge in [-0.3, -0.25) is 9.59 Å². The van der Waals surface area contributed by atoms with Crippen molar-refractivity contribution in [3.8, 4) is 11.1 Å². The average molecular weight is 449 g/mol. The van der Waals surface area contributed by atoms with Crippen LogP contribution in [0.4, 0.5) is 0 Å². The maximum Gasteiger partial charge on any atom is 0.254 e. The van der Waals surface area contributed by atoms with Crippen molar-refractivity contribution in [3.05, 3.63) is 82.6 Å². The van der Waals surface area contributed by atoms with E-state index in [4.69, 9.17) is 4.74 Å². The van der Waals surface area contributed by atoms with Crippen LogP contribution < -0.4 is 5.32 Å². The lowest BCUT2D eigenvalue weighted by Gasteiger charge is -2.42. The molecular formula is C26H28N2O3S. The van der Waals surface area contributed by atoms with E-state index in [-0.39, 0.29) is 24.4 Å². The number of ether oxygens (including phenoxy) is 1. The average Bonchev–Trinajstić information content (AvgIpc) is 3.34. The highest BCUT2D eigenvalue weighted by Gasteiger charge is 2.45. The SMILES string of the molecule is CC(C)NC(=O)[C@]1(Cc2ccccc2-c2ccsc2)CN(C(=O)c2ccccc2)CCO1. The minimum absolute atomic E-state index is 0.0321. The molecule has 6 heteroatoms. The number of morpholine rings is 1. The lowest BCUT2D eigenvalue weighted by atomic mass is 9.87. The Hall–Kier alpha value is -2.96. The van der Waals surface area contributed by atoms with Gasteiger partial charge in [-0.15, -0.1) is 0 Å². The summed E-state index contributed by atoms with van der Waals surface area (Å²) in [6, 6.07) is 19.3. The highest BCUT2D eigenvalue weighted by Crippen LogP contribution is 2.32. The van der Waals surface area contributed by atoms with Crippen LogP contribution in [0.2, 0.25) is 0 Å². The molecule has 4 rings (SSSR count). The quantitative estimate of drug-likeness (QED) is 0.608. The Labute approximate surface area is 193 Å². The van der Waals surface area contributed by atoms with Gasteiger partial charge < -0.3 is 15.0 Å². The van der Waals surface area contributed by atoms with Crippen molar-refractivity contribution >= 4 is 23.2 Å². The third-order valence-electron chi connectivity index (χ3n) is 5.65. The van der Waals surface area contributed by atoms with Crippen LogP contribution in [0, 0.1) is 0 Å². The van der Waals surface area contributed by atoms with E-state index in [0.29, 0.717) is 25.1 Å². The first-order valence-electron chi connectivity index (χ1n) is 10.9. The van der Waals surface area contributed by atoms with E-state index in [1.807, 2.05) is 55.6 Å². The molecule has 1 aromatic heterocycles. The minimum Gasteiger partial charge on any atom is -0.361 e. The number of hydrogen-bond donors (Lipinski definition) is 1. The largest absolute Gasteiger partial charge is 0.361 e. The van der Waals surface area contributed by atoms with Gasteiger partial charge in [0.05, 0.1) is 13.2 Å². The molecule has 1 atom stereocenters. The number of nitrogens with one attached hydrogen (secondary N) is 1. The van der Waals surface area contributed by atoms with Gasteiger partial charge in [0, 0.05) is 24.6 Å². The molecule has 1 aliphatic heterocycles. The minimum atomic E-state index is -1.15. The third kappa shape index (κ3) is 4.76. The number of hydrogen-bond acceptors (Lipinski definition) is 4. The lowest BCUT2D eigenvalue weighted by molar-refractivity contribution is -0.157. The molecule has 5 nitrogen and oxygen atoms in total. The molecule has 0 aliphatic carbocycles. The van der Waals surface area contributed by atoms with Crippen LogP contribution in [0.5, 0.6) is 0 Å². The van der Waals surface area contributed by atoms with Crippen molar-refractivity contribution in [2.24, 2.45) is 0 Å². The van der Waals surface area contributed by atoms with E-state index < -0.39 is 5.60 Å². The molecule has 2 aromatic carbocycles. The summed E-state index contributed by atoms with van der Waals surface area (Å²) in [5.41, 5.74) is 2.70. The standard InChI is InChI=1S/C26H28N2O3S/c1-19(2)27-25(30)26(16-21-10-6-7-11-23(21)22-12-15-32-17-22)18-28(13-14-31-26)24(29)20-8-4-3-5-9-20/h3-12,15,17,19H,13-14,16,18H2,1-2H3,(H,27,30)/t26-/m0/s1. The topological polar surface area (TPSA) is 58.6 Å². The summed E-state index contributed by atoms with van der Waals surface area (Å²) in [7, 11) is 0. The molecule has 0 saturated carbocycles. The molecule has 0 unspecified atom stereocenters. The van der Waals surface area contributed by atoms with Crippen LogP contribution in [-0.2, 0) is 16.0 Å². The normalized spacial score (nSPS) is 18.5. The predicted octanol–water partition coefficient (Wildman–Crippen LogP) is 4.39. The molecule has 1 N–H and O–H groups in total. The van der Waals surface area contributed by atoms with Gasteiger partial charge in [-0.25, -0.2) is 0 Å². The summed E-state index contributed by atoms with van der Waals surface area (Å²) in [4.78, 5) is 28.4. The van der Waals surface area contributed by atoms with E-state index >= 15 is 0 Å². The van der Waals surface area contributed by atoms with E-state index in [9.17, 15) is 9.59 Å². The third-order valence-corrected chi connectivity index (χ3v) is 6.34. The summed E-state index contributed by atoms with van der Waals surface area (Å²) in [6.07, 6.45) is 0.385. The van der Waals surface area contributed by atoms with Crippen molar-refractivity contribution < 1.29 is 14.3 Å². The first kappa shape index (κ1) is 22.2. The van der Waals surface area contributed by atoms with Crippen LogP contribution >= 0.6 is 11.3 Å². The van der Waals surface area contributed by atoms with Gasteiger partial charge in [-0.2, -0.15) is 11.3 Å². The maximum atomic E-state index is 13.5. The van der Waals surface area contributed by atoms with Crippen molar-refractivity contribution in [2.75, 3.05) is 19.7 Å². The summed E-state index contributed by atoms with van der Waals surface area (Å²) >= 11 is 1.64. The zero-order valence-electron chi connectivity index (χ0n) is 18.4. The van der Waals surface area contributed by atoms with Crippen LogP contribution in [0.1, 0.15) is 29.8 Å². The number of thiophene rings is 1. The predicted molar refractivity (Wildman–Crippen MR) is 128 cm³/mol. The molecule has 2 amide bonds. The van der Waals surface area contributed by atoms with Crippen molar-refractivity contribution in [1.29, 1.82) is 0 Å². The maximum absolute atomic E-state index is 13.5. The number of benzene rings is 2. The number of nitrogens with zero attached hydrogens (tertiary/aromatic N) is 1. The number of rotatable bonds is 6. The zero-order chi connectivity index (χ0) is 22.6. The monoisotopic (exact) mass is 448 g/mol. The van der Waals surface area contributed by atoms with Crippen LogP contribution in [0.3, 0.4) is 0 Å². The Morgan fingerprint density at radius 1 is 1.09 bits per heavy atom. The van der Waals surface area contributed by atoms with Crippen molar-refractivity contribution in [1.82, 2.24) is 10.2 Å². The van der Waals surface area contributed by atoms with Crippen molar-refractivity contribution in [3.63, 3.8) is 0 Å². The molecule has 1 fully saturated rings. The Balaban J connectivity index is 1.68. The molecular weight excluding hydrogens is 420 g/mol. The van der Waals surface area contributed by atoms with Gasteiger partial charge in [0.15, 0.2) is 5.60 Å². The van der Waals surface area contributed by atoms with Gasteiger partial charge in [0.25, 0.3) is 11.8 Å². The lowest BCUT2D eigenvalue weighted by Crippen LogP contribution is -2.62. The van der Waals surface area contributed by atoms with Gasteiger partial charge in [0.2, 0.25) is 0 Å². The van der Waals surface area contributed by atoms with E-state index in [0.717, 1.165) is 16.7 Å². The van der Waals surface area contributed by atoms with Gasteiger partial charge in [0.1, 0.15) is 0 Å². The van der Waals surface area contributed by atoms with Gasteiger partial charge in [-0.1, -0.05) is 42.5 Å². The molecule has 0 radical (unpaired) electrons. The van der Waals surface area contributed by atoms with E-state index in [1.54, 1.807) is 28.4 Å². The number of carbonyl (C=O) groups is 2. The molecule has 2 heterocycles. The first-order valence-corrected chi connectivity index (χ1v) is 11.8.